The Morgan fingerprint density at radius 1 is 1.18 bits per heavy atom. The van der Waals surface area contributed by atoms with Gasteiger partial charge in [0.05, 0.1) is 0 Å². The third kappa shape index (κ3) is 4.41. The fourth-order valence-electron chi connectivity index (χ4n) is 2.43. The van der Waals surface area contributed by atoms with Crippen LogP contribution < -0.4 is 4.74 Å². The molecule has 0 bridgehead atoms. The molecular weight excluding hydrogens is 307 g/mol. The van der Waals surface area contributed by atoms with E-state index in [-0.39, 0.29) is 18.9 Å². The Hall–Kier alpha value is -1.18. The molecule has 1 aliphatic rings. The lowest BCUT2D eigenvalue weighted by molar-refractivity contribution is 0.266. The molecule has 5 nitrogen and oxygen atoms in total. The highest BCUT2D eigenvalue weighted by Gasteiger charge is 2.27. The number of hydrogen-bond donors (Lipinski definition) is 0. The molecule has 0 amide bonds. The van der Waals surface area contributed by atoms with Crippen LogP contribution in [0.4, 0.5) is 4.39 Å². The van der Waals surface area contributed by atoms with Gasteiger partial charge in [-0.25, -0.2) is 4.39 Å². The molecule has 1 aromatic rings. The van der Waals surface area contributed by atoms with Crippen LogP contribution in [-0.4, -0.2) is 50.3 Å². The molecule has 0 aliphatic carbocycles. The zero-order valence-corrected chi connectivity index (χ0v) is 13.7. The van der Waals surface area contributed by atoms with Gasteiger partial charge in [0.15, 0.2) is 11.6 Å². The van der Waals surface area contributed by atoms with E-state index >= 15 is 0 Å². The topological polar surface area (TPSA) is 49.9 Å². The summed E-state index contributed by atoms with van der Waals surface area (Å²) >= 11 is 0. The normalized spacial score (nSPS) is 17.4. The molecule has 0 atom stereocenters. The van der Waals surface area contributed by atoms with Crippen molar-refractivity contribution in [3.63, 3.8) is 0 Å². The zero-order chi connectivity index (χ0) is 16.0. The van der Waals surface area contributed by atoms with Gasteiger partial charge in [0.25, 0.3) is 10.2 Å². The molecule has 0 unspecified atom stereocenters. The quantitative estimate of drug-likeness (QED) is 0.804. The lowest BCUT2D eigenvalue weighted by Gasteiger charge is -2.26. The Morgan fingerprint density at radius 3 is 2.45 bits per heavy atom. The highest BCUT2D eigenvalue weighted by molar-refractivity contribution is 7.86. The summed E-state index contributed by atoms with van der Waals surface area (Å²) in [5.74, 6) is -0.302. The van der Waals surface area contributed by atoms with Crippen LogP contribution in [0.3, 0.4) is 0 Å². The van der Waals surface area contributed by atoms with Crippen molar-refractivity contribution in [1.82, 2.24) is 8.61 Å². The Labute approximate surface area is 131 Å². The van der Waals surface area contributed by atoms with E-state index in [0.717, 1.165) is 25.7 Å². The Balaban J connectivity index is 1.88. The second kappa shape index (κ2) is 7.89. The van der Waals surface area contributed by atoms with Gasteiger partial charge < -0.3 is 4.74 Å². The minimum Gasteiger partial charge on any atom is -0.489 e. The first-order valence-corrected chi connectivity index (χ1v) is 9.00. The summed E-state index contributed by atoms with van der Waals surface area (Å²) in [7, 11) is -1.92. The molecule has 0 spiro atoms. The smallest absolute Gasteiger partial charge is 0.281 e. The summed E-state index contributed by atoms with van der Waals surface area (Å²) in [6.07, 6.45) is 3.95. The number of benzene rings is 1. The van der Waals surface area contributed by atoms with Crippen molar-refractivity contribution in [1.29, 1.82) is 0 Å². The summed E-state index contributed by atoms with van der Waals surface area (Å²) in [6.45, 7) is 1.44. The third-order valence-electron chi connectivity index (χ3n) is 3.79. The van der Waals surface area contributed by atoms with Gasteiger partial charge in [0.2, 0.25) is 0 Å². The van der Waals surface area contributed by atoms with Crippen molar-refractivity contribution in [2.75, 3.05) is 33.3 Å². The fraction of sp³-hybridized carbons (Fsp3) is 0.600. The van der Waals surface area contributed by atoms with Crippen LogP contribution in [0.25, 0.3) is 0 Å². The van der Waals surface area contributed by atoms with E-state index in [1.54, 1.807) is 12.1 Å². The molecule has 1 aliphatic heterocycles. The number of rotatable bonds is 6. The van der Waals surface area contributed by atoms with E-state index in [1.165, 1.54) is 27.8 Å². The molecule has 0 N–H and O–H groups in total. The molecular formula is C15H23FN2O3S. The highest BCUT2D eigenvalue weighted by Crippen LogP contribution is 2.17. The SMILES string of the molecule is CN(CCOc1ccccc1F)S(=O)(=O)N1CCCCCC1. The average molecular weight is 330 g/mol. The van der Waals surface area contributed by atoms with Gasteiger partial charge in [-0.15, -0.1) is 0 Å². The van der Waals surface area contributed by atoms with E-state index in [9.17, 15) is 12.8 Å². The molecule has 124 valence electrons. The van der Waals surface area contributed by atoms with Gasteiger partial charge in [0.1, 0.15) is 6.61 Å². The van der Waals surface area contributed by atoms with Crippen molar-refractivity contribution in [2.45, 2.75) is 25.7 Å². The van der Waals surface area contributed by atoms with Gasteiger partial charge >= 0.3 is 0 Å². The highest BCUT2D eigenvalue weighted by atomic mass is 32.2. The molecule has 7 heteroatoms. The number of hydrogen-bond acceptors (Lipinski definition) is 3. The minimum atomic E-state index is -3.46. The lowest BCUT2D eigenvalue weighted by atomic mass is 10.2. The molecule has 22 heavy (non-hydrogen) atoms. The summed E-state index contributed by atoms with van der Waals surface area (Å²) in [4.78, 5) is 0. The van der Waals surface area contributed by atoms with Crippen molar-refractivity contribution < 1.29 is 17.5 Å². The number of likely N-dealkylation sites (N-methyl/N-ethyl adjacent to an activating group) is 1. The van der Waals surface area contributed by atoms with Gasteiger partial charge in [0, 0.05) is 26.7 Å². The predicted molar refractivity (Wildman–Crippen MR) is 83.5 cm³/mol. The molecule has 1 saturated heterocycles. The summed E-state index contributed by atoms with van der Waals surface area (Å²) < 4.78 is 46.5. The Kier molecular flexibility index (Phi) is 6.16. The third-order valence-corrected chi connectivity index (χ3v) is 5.77. The van der Waals surface area contributed by atoms with Crippen molar-refractivity contribution in [3.8, 4) is 5.75 Å². The molecule has 0 aromatic heterocycles. The molecule has 0 saturated carbocycles. The van der Waals surface area contributed by atoms with Crippen molar-refractivity contribution in [3.05, 3.63) is 30.1 Å². The number of ether oxygens (including phenoxy) is 1. The van der Waals surface area contributed by atoms with E-state index in [1.807, 2.05) is 0 Å². The maximum absolute atomic E-state index is 13.4. The van der Waals surface area contributed by atoms with Crippen LogP contribution >= 0.6 is 0 Å². The Bertz CT molecular complexity index is 572. The predicted octanol–water partition coefficient (Wildman–Crippen LogP) is 2.26. The number of nitrogens with zero attached hydrogens (tertiary/aromatic N) is 2. The summed E-state index contributed by atoms with van der Waals surface area (Å²) in [5, 5.41) is 0. The zero-order valence-electron chi connectivity index (χ0n) is 12.9. The average Bonchev–Trinajstić information content (AvgIpc) is 2.78. The minimum absolute atomic E-state index is 0.116. The van der Waals surface area contributed by atoms with Crippen molar-refractivity contribution in [2.24, 2.45) is 0 Å². The number of halogens is 1. The van der Waals surface area contributed by atoms with Crippen LogP contribution in [-0.2, 0) is 10.2 Å². The molecule has 1 heterocycles. The second-order valence-corrected chi connectivity index (χ2v) is 7.46. The summed E-state index contributed by atoms with van der Waals surface area (Å²) in [6, 6.07) is 6.10. The Morgan fingerprint density at radius 2 is 1.82 bits per heavy atom. The molecule has 2 rings (SSSR count). The van der Waals surface area contributed by atoms with E-state index in [4.69, 9.17) is 4.74 Å². The van der Waals surface area contributed by atoms with Gasteiger partial charge in [-0.2, -0.15) is 17.0 Å². The fourth-order valence-corrected chi connectivity index (χ4v) is 3.85. The van der Waals surface area contributed by atoms with Gasteiger partial charge in [-0.05, 0) is 25.0 Å². The maximum Gasteiger partial charge on any atom is 0.281 e. The first-order chi connectivity index (χ1) is 10.5. The first-order valence-electron chi connectivity index (χ1n) is 7.60. The monoisotopic (exact) mass is 330 g/mol. The molecule has 1 fully saturated rings. The summed E-state index contributed by atoms with van der Waals surface area (Å²) in [5.41, 5.74) is 0. The van der Waals surface area contributed by atoms with E-state index in [0.29, 0.717) is 13.1 Å². The van der Waals surface area contributed by atoms with Gasteiger partial charge in [-0.3, -0.25) is 0 Å². The van der Waals surface area contributed by atoms with Crippen molar-refractivity contribution >= 4 is 10.2 Å². The second-order valence-electron chi connectivity index (χ2n) is 5.42. The first kappa shape index (κ1) is 17.2. The van der Waals surface area contributed by atoms with E-state index < -0.39 is 16.0 Å². The van der Waals surface area contributed by atoms with Crippen LogP contribution in [0.5, 0.6) is 5.75 Å². The van der Waals surface area contributed by atoms with Crippen LogP contribution in [0.15, 0.2) is 24.3 Å². The van der Waals surface area contributed by atoms with Crippen LogP contribution in [0.1, 0.15) is 25.7 Å². The van der Waals surface area contributed by atoms with Gasteiger partial charge in [-0.1, -0.05) is 25.0 Å². The van der Waals surface area contributed by atoms with E-state index in [2.05, 4.69) is 0 Å². The van der Waals surface area contributed by atoms with Crippen LogP contribution in [0.2, 0.25) is 0 Å². The largest absolute Gasteiger partial charge is 0.489 e. The van der Waals surface area contributed by atoms with Crippen LogP contribution in [0, 0.1) is 5.82 Å². The standard InChI is InChI=1S/C15H23FN2O3S/c1-17(12-13-21-15-9-5-4-8-14(15)16)22(19,20)18-10-6-2-3-7-11-18/h4-5,8-9H,2-3,6-7,10-13H2,1H3. The molecule has 1 aromatic carbocycles. The molecule has 0 radical (unpaired) electrons. The maximum atomic E-state index is 13.4. The number of para-hydroxylation sites is 1. The lowest BCUT2D eigenvalue weighted by Crippen LogP contribution is -2.43.